The second kappa shape index (κ2) is 8.83. The number of thiophene rings is 1. The van der Waals surface area contributed by atoms with Gasteiger partial charge in [-0.15, -0.1) is 12.4 Å². The summed E-state index contributed by atoms with van der Waals surface area (Å²) >= 11 is 1.54. The quantitative estimate of drug-likeness (QED) is 0.867. The summed E-state index contributed by atoms with van der Waals surface area (Å²) in [5.41, 5.74) is 6.77. The highest BCUT2D eigenvalue weighted by atomic mass is 35.5. The number of nitrogens with zero attached hydrogens (tertiary/aromatic N) is 2. The Morgan fingerprint density at radius 2 is 1.83 bits per heavy atom. The summed E-state index contributed by atoms with van der Waals surface area (Å²) in [5, 5.41) is 3.81. The van der Waals surface area contributed by atoms with Crippen LogP contribution in [0.15, 0.2) is 16.8 Å². The van der Waals surface area contributed by atoms with E-state index in [-0.39, 0.29) is 36.2 Å². The number of amides is 2. The van der Waals surface area contributed by atoms with Crippen LogP contribution in [-0.4, -0.2) is 53.8 Å². The molecular formula is C17H26ClN3O2S. The molecule has 0 spiro atoms. The summed E-state index contributed by atoms with van der Waals surface area (Å²) in [4.78, 5) is 29.0. The van der Waals surface area contributed by atoms with Crippen LogP contribution < -0.4 is 5.73 Å². The van der Waals surface area contributed by atoms with Crippen molar-refractivity contribution in [2.75, 3.05) is 26.2 Å². The molecule has 2 atom stereocenters. The summed E-state index contributed by atoms with van der Waals surface area (Å²) in [7, 11) is 0. The van der Waals surface area contributed by atoms with Crippen molar-refractivity contribution in [2.45, 2.75) is 38.1 Å². The monoisotopic (exact) mass is 371 g/mol. The van der Waals surface area contributed by atoms with E-state index in [2.05, 4.69) is 0 Å². The maximum Gasteiger partial charge on any atom is 0.254 e. The molecule has 0 radical (unpaired) electrons. The molecule has 2 amide bonds. The van der Waals surface area contributed by atoms with Crippen LogP contribution in [0.25, 0.3) is 0 Å². The lowest BCUT2D eigenvalue weighted by Crippen LogP contribution is -2.42. The number of nitrogens with two attached hydrogens (primary N) is 1. The van der Waals surface area contributed by atoms with Gasteiger partial charge in [-0.1, -0.05) is 6.42 Å². The van der Waals surface area contributed by atoms with E-state index >= 15 is 0 Å². The maximum absolute atomic E-state index is 12.7. The molecule has 24 heavy (non-hydrogen) atoms. The van der Waals surface area contributed by atoms with Crippen molar-refractivity contribution in [3.63, 3.8) is 0 Å². The van der Waals surface area contributed by atoms with Gasteiger partial charge in [-0.05, 0) is 37.1 Å². The Balaban J connectivity index is 0.00000208. The van der Waals surface area contributed by atoms with E-state index < -0.39 is 0 Å². The van der Waals surface area contributed by atoms with Crippen molar-refractivity contribution < 1.29 is 9.59 Å². The van der Waals surface area contributed by atoms with Crippen LogP contribution in [0.3, 0.4) is 0 Å². The predicted octanol–water partition coefficient (Wildman–Crippen LogP) is 2.36. The molecule has 1 aliphatic carbocycles. The lowest BCUT2D eigenvalue weighted by Gasteiger charge is -2.30. The third-order valence-corrected chi connectivity index (χ3v) is 5.61. The second-order valence-electron chi connectivity index (χ2n) is 6.61. The van der Waals surface area contributed by atoms with Gasteiger partial charge in [0.05, 0.1) is 5.56 Å². The average Bonchev–Trinajstić information content (AvgIpc) is 2.98. The smallest absolute Gasteiger partial charge is 0.254 e. The van der Waals surface area contributed by atoms with Gasteiger partial charge >= 0.3 is 0 Å². The maximum atomic E-state index is 12.7. The first-order valence-corrected chi connectivity index (χ1v) is 9.45. The molecule has 2 N–H and O–H groups in total. The Morgan fingerprint density at radius 3 is 2.54 bits per heavy atom. The minimum Gasteiger partial charge on any atom is -0.341 e. The first-order valence-electron chi connectivity index (χ1n) is 8.51. The van der Waals surface area contributed by atoms with Crippen molar-refractivity contribution in [3.05, 3.63) is 22.4 Å². The SMILES string of the molecule is Cl.NC1CCCC(C(=O)N2CCCN(C(=O)c3ccsc3)CC2)C1. The zero-order valence-electron chi connectivity index (χ0n) is 13.9. The largest absolute Gasteiger partial charge is 0.341 e. The molecule has 2 heterocycles. The third kappa shape index (κ3) is 4.49. The van der Waals surface area contributed by atoms with Crippen LogP contribution in [0.1, 0.15) is 42.5 Å². The standard InChI is InChI=1S/C17H25N3O2S.ClH/c18-15-4-1-3-13(11-15)16(21)19-6-2-7-20(9-8-19)17(22)14-5-10-23-12-14;/h5,10,12-13,15H,1-4,6-9,11,18H2;1H. The summed E-state index contributed by atoms with van der Waals surface area (Å²) in [6.07, 6.45) is 4.70. The Morgan fingerprint density at radius 1 is 1.08 bits per heavy atom. The Hall–Kier alpha value is -1.11. The highest BCUT2D eigenvalue weighted by Gasteiger charge is 2.30. The predicted molar refractivity (Wildman–Crippen MR) is 98.6 cm³/mol. The van der Waals surface area contributed by atoms with Crippen LogP contribution in [0.2, 0.25) is 0 Å². The van der Waals surface area contributed by atoms with Crippen molar-refractivity contribution in [3.8, 4) is 0 Å². The van der Waals surface area contributed by atoms with Gasteiger partial charge in [0.15, 0.2) is 0 Å². The molecule has 2 aliphatic rings. The summed E-state index contributed by atoms with van der Waals surface area (Å²) in [6, 6.07) is 2.03. The lowest BCUT2D eigenvalue weighted by atomic mass is 9.85. The van der Waals surface area contributed by atoms with E-state index in [1.807, 2.05) is 26.6 Å². The minimum absolute atomic E-state index is 0. The zero-order valence-corrected chi connectivity index (χ0v) is 15.5. The second-order valence-corrected chi connectivity index (χ2v) is 7.39. The summed E-state index contributed by atoms with van der Waals surface area (Å²) < 4.78 is 0. The highest BCUT2D eigenvalue weighted by molar-refractivity contribution is 7.08. The highest BCUT2D eigenvalue weighted by Crippen LogP contribution is 2.25. The molecule has 1 saturated carbocycles. The number of rotatable bonds is 2. The molecule has 2 fully saturated rings. The molecule has 1 aromatic heterocycles. The first kappa shape index (κ1) is 19.2. The number of carbonyl (C=O) groups excluding carboxylic acids is 2. The number of carbonyl (C=O) groups is 2. The van der Waals surface area contributed by atoms with Crippen LogP contribution in [0, 0.1) is 5.92 Å². The number of hydrogen-bond donors (Lipinski definition) is 1. The Kier molecular flexibility index (Phi) is 7.07. The van der Waals surface area contributed by atoms with E-state index in [1.165, 1.54) is 11.3 Å². The van der Waals surface area contributed by atoms with Crippen LogP contribution in [0.5, 0.6) is 0 Å². The van der Waals surface area contributed by atoms with Gasteiger partial charge in [-0.3, -0.25) is 9.59 Å². The molecule has 1 aromatic rings. The van der Waals surface area contributed by atoms with E-state index in [0.29, 0.717) is 13.1 Å². The average molecular weight is 372 g/mol. The van der Waals surface area contributed by atoms with Gasteiger partial charge < -0.3 is 15.5 Å². The van der Waals surface area contributed by atoms with Crippen LogP contribution >= 0.6 is 23.7 Å². The van der Waals surface area contributed by atoms with E-state index in [0.717, 1.165) is 50.8 Å². The molecule has 1 aliphatic heterocycles. The minimum atomic E-state index is 0. The number of hydrogen-bond acceptors (Lipinski definition) is 4. The van der Waals surface area contributed by atoms with E-state index in [9.17, 15) is 9.59 Å². The fourth-order valence-electron chi connectivity index (χ4n) is 3.62. The van der Waals surface area contributed by atoms with Crippen molar-refractivity contribution >= 4 is 35.6 Å². The topological polar surface area (TPSA) is 66.6 Å². The van der Waals surface area contributed by atoms with Gasteiger partial charge in [0.2, 0.25) is 5.91 Å². The fraction of sp³-hybridized carbons (Fsp3) is 0.647. The molecule has 2 unspecified atom stereocenters. The van der Waals surface area contributed by atoms with Crippen molar-refractivity contribution in [1.82, 2.24) is 9.80 Å². The zero-order chi connectivity index (χ0) is 16.2. The molecule has 5 nitrogen and oxygen atoms in total. The molecule has 0 aromatic carbocycles. The van der Waals surface area contributed by atoms with Crippen LogP contribution in [-0.2, 0) is 4.79 Å². The number of halogens is 1. The Bertz CT molecular complexity index is 552. The van der Waals surface area contributed by atoms with E-state index in [4.69, 9.17) is 5.73 Å². The van der Waals surface area contributed by atoms with Gasteiger partial charge in [0.25, 0.3) is 5.91 Å². The van der Waals surface area contributed by atoms with Gasteiger partial charge in [-0.25, -0.2) is 0 Å². The molecular weight excluding hydrogens is 346 g/mol. The van der Waals surface area contributed by atoms with Crippen molar-refractivity contribution in [2.24, 2.45) is 11.7 Å². The van der Waals surface area contributed by atoms with Crippen LogP contribution in [0.4, 0.5) is 0 Å². The van der Waals surface area contributed by atoms with Gasteiger partial charge in [0, 0.05) is 43.5 Å². The summed E-state index contributed by atoms with van der Waals surface area (Å²) in [6.45, 7) is 2.74. The fourth-order valence-corrected chi connectivity index (χ4v) is 4.25. The third-order valence-electron chi connectivity index (χ3n) is 4.93. The summed E-state index contributed by atoms with van der Waals surface area (Å²) in [5.74, 6) is 0.406. The Labute approximate surface area is 153 Å². The lowest BCUT2D eigenvalue weighted by molar-refractivity contribution is -0.136. The van der Waals surface area contributed by atoms with Gasteiger partial charge in [0.1, 0.15) is 0 Å². The molecule has 1 saturated heterocycles. The van der Waals surface area contributed by atoms with Gasteiger partial charge in [-0.2, -0.15) is 11.3 Å². The molecule has 7 heteroatoms. The molecule has 134 valence electrons. The molecule has 0 bridgehead atoms. The molecule has 3 rings (SSSR count). The normalized spacial score (nSPS) is 24.9. The van der Waals surface area contributed by atoms with Crippen molar-refractivity contribution in [1.29, 1.82) is 0 Å². The first-order chi connectivity index (χ1) is 11.1. The van der Waals surface area contributed by atoms with E-state index in [1.54, 1.807) is 0 Å².